The Bertz CT molecular complexity index is 840. The number of aryl methyl sites for hydroxylation is 1. The van der Waals surface area contributed by atoms with Crippen LogP contribution in [0.25, 0.3) is 11.3 Å². The SMILES string of the molecule is Cc1ccc(-c2oncc2C(=O)N2Cc3ccccc3C2)cc1. The number of carbonyl (C=O) groups excluding carboxylic acids is 1. The third-order valence-electron chi connectivity index (χ3n) is 4.24. The summed E-state index contributed by atoms with van der Waals surface area (Å²) in [5.74, 6) is 0.490. The van der Waals surface area contributed by atoms with E-state index in [0.717, 1.165) is 11.1 Å². The fourth-order valence-electron chi connectivity index (χ4n) is 2.95. The molecule has 4 nitrogen and oxygen atoms in total. The maximum absolute atomic E-state index is 12.9. The van der Waals surface area contributed by atoms with Gasteiger partial charge in [0.25, 0.3) is 5.91 Å². The first-order valence-electron chi connectivity index (χ1n) is 7.60. The van der Waals surface area contributed by atoms with Crippen molar-refractivity contribution in [1.82, 2.24) is 10.1 Å². The lowest BCUT2D eigenvalue weighted by molar-refractivity contribution is 0.0751. The number of aromatic nitrogens is 1. The molecule has 2 aromatic carbocycles. The molecule has 1 amide bonds. The van der Waals surface area contributed by atoms with E-state index in [4.69, 9.17) is 4.52 Å². The lowest BCUT2D eigenvalue weighted by atomic mass is 10.1. The minimum atomic E-state index is -0.0435. The van der Waals surface area contributed by atoms with Crippen molar-refractivity contribution in [3.05, 3.63) is 77.0 Å². The van der Waals surface area contributed by atoms with E-state index in [1.165, 1.54) is 17.3 Å². The molecule has 114 valence electrons. The summed E-state index contributed by atoms with van der Waals surface area (Å²) in [6.07, 6.45) is 1.51. The molecule has 1 aliphatic rings. The van der Waals surface area contributed by atoms with Gasteiger partial charge in [0.2, 0.25) is 0 Å². The molecule has 0 radical (unpaired) electrons. The van der Waals surface area contributed by atoms with Crippen molar-refractivity contribution < 1.29 is 9.32 Å². The van der Waals surface area contributed by atoms with Crippen LogP contribution in [0.2, 0.25) is 0 Å². The smallest absolute Gasteiger partial charge is 0.260 e. The Kier molecular flexibility index (Phi) is 3.23. The van der Waals surface area contributed by atoms with Gasteiger partial charge in [0.05, 0.1) is 6.20 Å². The molecule has 4 heteroatoms. The van der Waals surface area contributed by atoms with Gasteiger partial charge in [-0.2, -0.15) is 0 Å². The monoisotopic (exact) mass is 304 g/mol. The van der Waals surface area contributed by atoms with Gasteiger partial charge in [0, 0.05) is 18.7 Å². The fourth-order valence-corrected chi connectivity index (χ4v) is 2.95. The molecule has 0 aliphatic carbocycles. The number of rotatable bonds is 2. The van der Waals surface area contributed by atoms with Gasteiger partial charge in [-0.15, -0.1) is 0 Å². The van der Waals surface area contributed by atoms with Crippen molar-refractivity contribution in [1.29, 1.82) is 0 Å². The van der Waals surface area contributed by atoms with Crippen molar-refractivity contribution >= 4 is 5.91 Å². The van der Waals surface area contributed by atoms with Crippen molar-refractivity contribution in [2.24, 2.45) is 0 Å². The van der Waals surface area contributed by atoms with Crippen LogP contribution < -0.4 is 0 Å². The summed E-state index contributed by atoms with van der Waals surface area (Å²) >= 11 is 0. The van der Waals surface area contributed by atoms with Crippen LogP contribution in [0.5, 0.6) is 0 Å². The lowest BCUT2D eigenvalue weighted by Crippen LogP contribution is -2.25. The van der Waals surface area contributed by atoms with Crippen LogP contribution >= 0.6 is 0 Å². The predicted octanol–water partition coefficient (Wildman–Crippen LogP) is 3.81. The quantitative estimate of drug-likeness (QED) is 0.723. The molecule has 4 rings (SSSR count). The van der Waals surface area contributed by atoms with Gasteiger partial charge in [-0.25, -0.2) is 0 Å². The highest BCUT2D eigenvalue weighted by atomic mass is 16.5. The average molecular weight is 304 g/mol. The zero-order valence-corrected chi connectivity index (χ0v) is 12.8. The molecule has 1 aliphatic heterocycles. The predicted molar refractivity (Wildman–Crippen MR) is 86.7 cm³/mol. The molecule has 0 N–H and O–H groups in total. The number of benzene rings is 2. The summed E-state index contributed by atoms with van der Waals surface area (Å²) in [6.45, 7) is 3.29. The van der Waals surface area contributed by atoms with E-state index in [2.05, 4.69) is 17.3 Å². The number of amides is 1. The number of fused-ring (bicyclic) bond motifs is 1. The third kappa shape index (κ3) is 2.42. The Morgan fingerprint density at radius 2 is 1.70 bits per heavy atom. The molecule has 2 heterocycles. The number of carbonyl (C=O) groups is 1. The molecule has 3 aromatic rings. The molecular weight excluding hydrogens is 288 g/mol. The Morgan fingerprint density at radius 1 is 1.04 bits per heavy atom. The van der Waals surface area contributed by atoms with Gasteiger partial charge < -0.3 is 9.42 Å². The van der Waals surface area contributed by atoms with E-state index in [0.29, 0.717) is 24.4 Å². The minimum Gasteiger partial charge on any atom is -0.355 e. The minimum absolute atomic E-state index is 0.0435. The van der Waals surface area contributed by atoms with E-state index >= 15 is 0 Å². The molecule has 0 fully saturated rings. The largest absolute Gasteiger partial charge is 0.355 e. The van der Waals surface area contributed by atoms with Gasteiger partial charge in [0.15, 0.2) is 5.76 Å². The van der Waals surface area contributed by atoms with Crippen molar-refractivity contribution in [3.63, 3.8) is 0 Å². The zero-order chi connectivity index (χ0) is 15.8. The van der Waals surface area contributed by atoms with Crippen molar-refractivity contribution in [3.8, 4) is 11.3 Å². The Morgan fingerprint density at radius 3 is 2.35 bits per heavy atom. The molecule has 0 atom stereocenters. The van der Waals surface area contributed by atoms with Gasteiger partial charge in [-0.3, -0.25) is 4.79 Å². The summed E-state index contributed by atoms with van der Waals surface area (Å²) in [7, 11) is 0. The zero-order valence-electron chi connectivity index (χ0n) is 12.8. The van der Waals surface area contributed by atoms with Crippen LogP contribution in [0.4, 0.5) is 0 Å². The summed E-state index contributed by atoms with van der Waals surface area (Å²) in [5.41, 5.74) is 4.95. The highest BCUT2D eigenvalue weighted by Crippen LogP contribution is 2.29. The first kappa shape index (κ1) is 13.8. The Labute approximate surface area is 134 Å². The maximum Gasteiger partial charge on any atom is 0.260 e. The number of hydrogen-bond acceptors (Lipinski definition) is 3. The van der Waals surface area contributed by atoms with E-state index in [1.807, 2.05) is 48.2 Å². The number of hydrogen-bond donors (Lipinski definition) is 0. The second kappa shape index (κ2) is 5.39. The van der Waals surface area contributed by atoms with Crippen LogP contribution in [-0.2, 0) is 13.1 Å². The van der Waals surface area contributed by atoms with E-state index in [1.54, 1.807) is 0 Å². The summed E-state index contributed by atoms with van der Waals surface area (Å²) in [5, 5.41) is 3.84. The standard InChI is InChI=1S/C19H16N2O2/c1-13-6-8-14(9-7-13)18-17(10-20-23-18)19(22)21-11-15-4-2-3-5-16(15)12-21/h2-10H,11-12H2,1H3. The van der Waals surface area contributed by atoms with Gasteiger partial charge >= 0.3 is 0 Å². The van der Waals surface area contributed by atoms with Crippen LogP contribution in [0, 0.1) is 6.92 Å². The van der Waals surface area contributed by atoms with Gasteiger partial charge in [0.1, 0.15) is 5.56 Å². The van der Waals surface area contributed by atoms with Gasteiger partial charge in [-0.05, 0) is 18.1 Å². The molecular formula is C19H16N2O2. The van der Waals surface area contributed by atoms with E-state index in [-0.39, 0.29) is 5.91 Å². The highest BCUT2D eigenvalue weighted by Gasteiger charge is 2.27. The highest BCUT2D eigenvalue weighted by molar-refractivity contribution is 5.99. The summed E-state index contributed by atoms with van der Waals surface area (Å²) < 4.78 is 5.35. The number of nitrogens with zero attached hydrogens (tertiary/aromatic N) is 2. The molecule has 1 aromatic heterocycles. The summed E-state index contributed by atoms with van der Waals surface area (Å²) in [6, 6.07) is 16.0. The molecule has 0 saturated heterocycles. The Hall–Kier alpha value is -2.88. The van der Waals surface area contributed by atoms with E-state index < -0.39 is 0 Å². The molecule has 0 spiro atoms. The Balaban J connectivity index is 1.64. The second-order valence-corrected chi connectivity index (χ2v) is 5.86. The second-order valence-electron chi connectivity index (χ2n) is 5.86. The fraction of sp³-hybridized carbons (Fsp3) is 0.158. The maximum atomic E-state index is 12.9. The normalized spacial score (nSPS) is 13.2. The third-order valence-corrected chi connectivity index (χ3v) is 4.24. The van der Waals surface area contributed by atoms with Crippen molar-refractivity contribution in [2.45, 2.75) is 20.0 Å². The van der Waals surface area contributed by atoms with Gasteiger partial charge in [-0.1, -0.05) is 59.3 Å². The van der Waals surface area contributed by atoms with Crippen LogP contribution in [0.3, 0.4) is 0 Å². The lowest BCUT2D eigenvalue weighted by Gasteiger charge is -2.14. The molecule has 0 saturated carbocycles. The summed E-state index contributed by atoms with van der Waals surface area (Å²) in [4.78, 5) is 14.7. The van der Waals surface area contributed by atoms with Crippen LogP contribution in [0.1, 0.15) is 27.0 Å². The first-order chi connectivity index (χ1) is 11.2. The van der Waals surface area contributed by atoms with Crippen molar-refractivity contribution in [2.75, 3.05) is 0 Å². The molecule has 0 bridgehead atoms. The molecule has 0 unspecified atom stereocenters. The first-order valence-corrected chi connectivity index (χ1v) is 7.60. The topological polar surface area (TPSA) is 46.3 Å². The van der Waals surface area contributed by atoms with E-state index in [9.17, 15) is 4.79 Å². The van der Waals surface area contributed by atoms with Crippen LogP contribution in [0.15, 0.2) is 59.3 Å². The average Bonchev–Trinajstić information content (AvgIpc) is 3.21. The molecule has 23 heavy (non-hydrogen) atoms. The van der Waals surface area contributed by atoms with Crippen LogP contribution in [-0.4, -0.2) is 16.0 Å².